The maximum atomic E-state index is 13.3. The predicted molar refractivity (Wildman–Crippen MR) is 126 cm³/mol. The molecule has 0 N–H and O–H groups in total. The van der Waals surface area contributed by atoms with E-state index in [9.17, 15) is 23.8 Å². The highest BCUT2D eigenvalue weighted by Gasteiger charge is 2.20. The van der Waals surface area contributed by atoms with Crippen LogP contribution in [0.1, 0.15) is 11.1 Å². The number of benzene rings is 4. The number of anilines is 1. The molecule has 33 heavy (non-hydrogen) atoms. The van der Waals surface area contributed by atoms with Crippen molar-refractivity contribution in [3.05, 3.63) is 106 Å². The van der Waals surface area contributed by atoms with Gasteiger partial charge in [-0.2, -0.15) is 5.26 Å². The minimum atomic E-state index is -3.70. The number of rotatable bonds is 6. The Morgan fingerprint density at radius 3 is 2.36 bits per heavy atom. The van der Waals surface area contributed by atoms with E-state index < -0.39 is 14.8 Å². The highest BCUT2D eigenvalue weighted by Crippen LogP contribution is 2.29. The van der Waals surface area contributed by atoms with Crippen LogP contribution < -0.4 is 4.90 Å². The van der Waals surface area contributed by atoms with Crippen molar-refractivity contribution >= 4 is 32.0 Å². The Labute approximate surface area is 191 Å². The van der Waals surface area contributed by atoms with Crippen LogP contribution in [0.2, 0.25) is 0 Å². The van der Waals surface area contributed by atoms with Gasteiger partial charge >= 0.3 is 0 Å². The molecule has 0 heterocycles. The van der Waals surface area contributed by atoms with Crippen LogP contribution in [0, 0.1) is 21.4 Å². The van der Waals surface area contributed by atoms with E-state index in [-0.39, 0.29) is 21.0 Å². The molecule has 7 nitrogen and oxygen atoms in total. The number of nitrogens with zero attached hydrogens (tertiary/aromatic N) is 3. The van der Waals surface area contributed by atoms with Crippen LogP contribution >= 0.6 is 0 Å². The molecule has 8 heteroatoms. The fourth-order valence-corrected chi connectivity index (χ4v) is 5.19. The molecule has 0 aliphatic rings. The van der Waals surface area contributed by atoms with Crippen LogP contribution in [0.15, 0.2) is 94.7 Å². The standard InChI is InChI=1S/C25H19N3O4S/c1-27(21-11-14-24(28(29)30)20(15-21)16-26)17-18-9-12-22(13-10-18)33(31,32)25-8-4-6-19-5-2-3-7-23(19)25/h2-15H,17H2,1H3. The Kier molecular flexibility index (Phi) is 5.82. The lowest BCUT2D eigenvalue weighted by Gasteiger charge is -2.20. The molecule has 0 amide bonds. The van der Waals surface area contributed by atoms with Crippen LogP contribution in [-0.2, 0) is 16.4 Å². The fraction of sp³-hybridized carbons (Fsp3) is 0.0800. The van der Waals surface area contributed by atoms with E-state index in [0.717, 1.165) is 10.9 Å². The molecular formula is C25H19N3O4S. The Hall–Kier alpha value is -4.22. The van der Waals surface area contributed by atoms with Crippen molar-refractivity contribution in [1.29, 1.82) is 5.26 Å². The molecule has 0 unspecified atom stereocenters. The summed E-state index contributed by atoms with van der Waals surface area (Å²) in [4.78, 5) is 12.7. The van der Waals surface area contributed by atoms with E-state index in [2.05, 4.69) is 0 Å². The van der Waals surface area contributed by atoms with E-state index in [1.165, 1.54) is 12.1 Å². The highest BCUT2D eigenvalue weighted by atomic mass is 32.2. The van der Waals surface area contributed by atoms with Crippen molar-refractivity contribution in [2.24, 2.45) is 0 Å². The summed E-state index contributed by atoms with van der Waals surface area (Å²) >= 11 is 0. The lowest BCUT2D eigenvalue weighted by molar-refractivity contribution is -0.385. The van der Waals surface area contributed by atoms with Gasteiger partial charge in [-0.25, -0.2) is 8.42 Å². The molecule has 0 bridgehead atoms. The molecule has 0 radical (unpaired) electrons. The SMILES string of the molecule is CN(Cc1ccc(S(=O)(=O)c2cccc3ccccc23)cc1)c1ccc([N+](=O)[O-])c(C#N)c1. The first-order chi connectivity index (χ1) is 15.8. The Morgan fingerprint density at radius 2 is 1.67 bits per heavy atom. The average Bonchev–Trinajstić information content (AvgIpc) is 2.83. The summed E-state index contributed by atoms with van der Waals surface area (Å²) in [5.74, 6) is 0. The molecule has 4 aromatic carbocycles. The van der Waals surface area contributed by atoms with Crippen molar-refractivity contribution in [2.75, 3.05) is 11.9 Å². The number of hydrogen-bond acceptors (Lipinski definition) is 6. The summed E-state index contributed by atoms with van der Waals surface area (Å²) in [5, 5.41) is 21.8. The van der Waals surface area contributed by atoms with Gasteiger partial charge in [-0.15, -0.1) is 0 Å². The summed E-state index contributed by atoms with van der Waals surface area (Å²) in [7, 11) is -1.90. The Bertz CT molecular complexity index is 1500. The van der Waals surface area contributed by atoms with Gasteiger partial charge in [-0.05, 0) is 41.3 Å². The van der Waals surface area contributed by atoms with Gasteiger partial charge in [0.05, 0.1) is 14.7 Å². The molecule has 4 rings (SSSR count). The minimum Gasteiger partial charge on any atom is -0.370 e. The summed E-state index contributed by atoms with van der Waals surface area (Å²) < 4.78 is 26.5. The Balaban J connectivity index is 1.59. The van der Waals surface area contributed by atoms with Crippen LogP contribution in [0.3, 0.4) is 0 Å². The van der Waals surface area contributed by atoms with Crippen molar-refractivity contribution < 1.29 is 13.3 Å². The van der Waals surface area contributed by atoms with Crippen LogP contribution in [-0.4, -0.2) is 20.4 Å². The lowest BCUT2D eigenvalue weighted by atomic mass is 10.1. The summed E-state index contributed by atoms with van der Waals surface area (Å²) in [6, 6.07) is 25.4. The smallest absolute Gasteiger partial charge is 0.287 e. The van der Waals surface area contributed by atoms with Crippen LogP contribution in [0.25, 0.3) is 10.8 Å². The van der Waals surface area contributed by atoms with E-state index in [1.807, 2.05) is 35.2 Å². The monoisotopic (exact) mass is 457 g/mol. The minimum absolute atomic E-state index is 0.0131. The number of hydrogen-bond donors (Lipinski definition) is 0. The van der Waals surface area contributed by atoms with Gasteiger partial charge in [0.1, 0.15) is 11.6 Å². The van der Waals surface area contributed by atoms with Gasteiger partial charge in [0.2, 0.25) is 9.84 Å². The molecule has 0 spiro atoms. The Morgan fingerprint density at radius 1 is 0.970 bits per heavy atom. The summed E-state index contributed by atoms with van der Waals surface area (Å²) in [6.45, 7) is 0.428. The molecule has 0 aromatic heterocycles. The lowest BCUT2D eigenvalue weighted by Crippen LogP contribution is -2.16. The predicted octanol–water partition coefficient (Wildman–Crippen LogP) is 5.09. The van der Waals surface area contributed by atoms with Gasteiger partial charge in [-0.3, -0.25) is 10.1 Å². The number of nitro benzene ring substituents is 1. The molecule has 0 aliphatic carbocycles. The molecule has 0 atom stereocenters. The van der Waals surface area contributed by atoms with E-state index in [0.29, 0.717) is 17.6 Å². The van der Waals surface area contributed by atoms with Crippen LogP contribution in [0.4, 0.5) is 11.4 Å². The number of nitriles is 1. The first kappa shape index (κ1) is 22.0. The van der Waals surface area contributed by atoms with E-state index >= 15 is 0 Å². The second-order valence-corrected chi connectivity index (χ2v) is 9.47. The van der Waals surface area contributed by atoms with Crippen molar-refractivity contribution in [2.45, 2.75) is 16.3 Å². The van der Waals surface area contributed by atoms with Gasteiger partial charge in [0, 0.05) is 30.7 Å². The highest BCUT2D eigenvalue weighted by molar-refractivity contribution is 7.91. The third kappa shape index (κ3) is 4.27. The first-order valence-electron chi connectivity index (χ1n) is 10.0. The van der Waals surface area contributed by atoms with Gasteiger partial charge < -0.3 is 4.90 Å². The zero-order valence-corrected chi connectivity index (χ0v) is 18.5. The van der Waals surface area contributed by atoms with E-state index in [1.54, 1.807) is 55.6 Å². The largest absolute Gasteiger partial charge is 0.370 e. The molecular weight excluding hydrogens is 438 g/mol. The average molecular weight is 458 g/mol. The normalized spacial score (nSPS) is 11.2. The maximum absolute atomic E-state index is 13.3. The third-order valence-corrected chi connectivity index (χ3v) is 7.26. The summed E-state index contributed by atoms with van der Waals surface area (Å²) in [6.07, 6.45) is 0. The summed E-state index contributed by atoms with van der Waals surface area (Å²) in [5.41, 5.74) is 1.24. The zero-order valence-electron chi connectivity index (χ0n) is 17.7. The van der Waals surface area contributed by atoms with Gasteiger partial charge in [0.25, 0.3) is 5.69 Å². The fourth-order valence-electron chi connectivity index (χ4n) is 3.71. The second kappa shape index (κ2) is 8.73. The molecule has 164 valence electrons. The number of fused-ring (bicyclic) bond motifs is 1. The molecule has 0 fully saturated rings. The van der Waals surface area contributed by atoms with Crippen molar-refractivity contribution in [3.63, 3.8) is 0 Å². The first-order valence-corrected chi connectivity index (χ1v) is 11.5. The van der Waals surface area contributed by atoms with Crippen molar-refractivity contribution in [3.8, 4) is 6.07 Å². The quantitative estimate of drug-likeness (QED) is 0.295. The van der Waals surface area contributed by atoms with Gasteiger partial charge in [-0.1, -0.05) is 48.5 Å². The van der Waals surface area contributed by atoms with Crippen LogP contribution in [0.5, 0.6) is 0 Å². The zero-order chi connectivity index (χ0) is 23.6. The maximum Gasteiger partial charge on any atom is 0.287 e. The second-order valence-electron chi connectivity index (χ2n) is 7.55. The van der Waals surface area contributed by atoms with E-state index in [4.69, 9.17) is 0 Å². The van der Waals surface area contributed by atoms with Gasteiger partial charge in [0.15, 0.2) is 0 Å². The number of nitro groups is 1. The molecule has 4 aromatic rings. The number of sulfone groups is 1. The molecule has 0 aliphatic heterocycles. The van der Waals surface area contributed by atoms with Crippen molar-refractivity contribution in [1.82, 2.24) is 0 Å². The molecule has 0 saturated heterocycles. The topological polar surface area (TPSA) is 104 Å². The third-order valence-electron chi connectivity index (χ3n) is 5.43. The molecule has 0 saturated carbocycles.